The summed E-state index contributed by atoms with van der Waals surface area (Å²) in [7, 11) is 1.72. The van der Waals surface area contributed by atoms with Crippen LogP contribution in [0.15, 0.2) is 43.0 Å². The van der Waals surface area contributed by atoms with E-state index in [1.807, 2.05) is 26.0 Å². The van der Waals surface area contributed by atoms with Crippen LogP contribution in [-0.2, 0) is 0 Å². The van der Waals surface area contributed by atoms with Crippen LogP contribution in [0.25, 0.3) is 27.8 Å². The smallest absolute Gasteiger partial charge is 0.242 e. The van der Waals surface area contributed by atoms with E-state index in [2.05, 4.69) is 30.7 Å². The van der Waals surface area contributed by atoms with Crippen LogP contribution >= 0.6 is 12.3 Å². The molecule has 0 fully saturated rings. The van der Waals surface area contributed by atoms with Gasteiger partial charge in [0.1, 0.15) is 11.2 Å². The number of benzene rings is 1. The van der Waals surface area contributed by atoms with E-state index >= 15 is 0 Å². The maximum absolute atomic E-state index is 13.3. The molecular formula is C16H17FN8S. The number of nitrogens with zero attached hydrogens (tertiary/aromatic N) is 7. The monoisotopic (exact) mass is 372 g/mol. The second-order valence-electron chi connectivity index (χ2n) is 4.85. The standard InChI is InChI=1S/C14H11FN8S.C2H6/c1-16-14-17-8-11(20-21-14)9-3-4-12(22-6-2-5-18-22)13-10(9)7-19-23(13)24-15;1-2/h2-8H,1H3,(H,16,17,21);1-2H3. The molecule has 0 saturated carbocycles. The van der Waals surface area contributed by atoms with Crippen LogP contribution in [0.2, 0.25) is 0 Å². The van der Waals surface area contributed by atoms with Crippen molar-refractivity contribution >= 4 is 29.2 Å². The lowest BCUT2D eigenvalue weighted by molar-refractivity contribution is 0.866. The molecule has 0 aliphatic heterocycles. The molecule has 0 aliphatic carbocycles. The average molecular weight is 372 g/mol. The molecule has 0 bridgehead atoms. The van der Waals surface area contributed by atoms with E-state index in [1.165, 1.54) is 4.09 Å². The first-order chi connectivity index (χ1) is 12.8. The molecule has 10 heteroatoms. The Bertz CT molecular complexity index is 982. The zero-order valence-electron chi connectivity index (χ0n) is 14.5. The van der Waals surface area contributed by atoms with Gasteiger partial charge >= 0.3 is 0 Å². The summed E-state index contributed by atoms with van der Waals surface area (Å²) in [5.74, 6) is 0.429. The third-order valence-electron chi connectivity index (χ3n) is 3.56. The minimum Gasteiger partial charge on any atom is -0.356 e. The minimum atomic E-state index is 0.0291. The van der Waals surface area contributed by atoms with Crippen LogP contribution in [0.4, 0.5) is 9.83 Å². The lowest BCUT2D eigenvalue weighted by Crippen LogP contribution is -2.01. The first-order valence-corrected chi connectivity index (χ1v) is 8.67. The van der Waals surface area contributed by atoms with E-state index in [4.69, 9.17) is 0 Å². The topological polar surface area (TPSA) is 86.3 Å². The third kappa shape index (κ3) is 3.10. The summed E-state index contributed by atoms with van der Waals surface area (Å²) < 4.78 is 16.2. The SMILES string of the molecule is CC.CNc1ncc(-c2ccc(-n3cccn3)c3c2cnn3SF)nn1. The van der Waals surface area contributed by atoms with Crippen LogP contribution < -0.4 is 5.32 Å². The fourth-order valence-electron chi connectivity index (χ4n) is 2.48. The molecule has 0 aliphatic rings. The number of anilines is 1. The Balaban J connectivity index is 0.000000948. The van der Waals surface area contributed by atoms with Crippen molar-refractivity contribution in [2.75, 3.05) is 12.4 Å². The number of hydrogen-bond donors (Lipinski definition) is 1. The van der Waals surface area contributed by atoms with E-state index in [0.29, 0.717) is 22.8 Å². The molecule has 8 nitrogen and oxygen atoms in total. The van der Waals surface area contributed by atoms with Gasteiger partial charge < -0.3 is 5.32 Å². The highest BCUT2D eigenvalue weighted by Gasteiger charge is 2.16. The Labute approximate surface area is 153 Å². The normalized spacial score (nSPS) is 10.5. The number of halogens is 1. The molecule has 4 aromatic rings. The largest absolute Gasteiger partial charge is 0.356 e. The highest BCUT2D eigenvalue weighted by Crippen LogP contribution is 2.33. The molecule has 0 radical (unpaired) electrons. The minimum absolute atomic E-state index is 0.0291. The Morgan fingerprint density at radius 2 is 1.96 bits per heavy atom. The zero-order chi connectivity index (χ0) is 18.5. The number of fused-ring (bicyclic) bond motifs is 1. The Kier molecular flexibility index (Phi) is 5.42. The molecule has 3 aromatic heterocycles. The van der Waals surface area contributed by atoms with Crippen molar-refractivity contribution in [3.63, 3.8) is 0 Å². The molecule has 3 heterocycles. The molecule has 26 heavy (non-hydrogen) atoms. The van der Waals surface area contributed by atoms with Crippen LogP contribution in [0, 0.1) is 0 Å². The van der Waals surface area contributed by atoms with E-state index in [0.717, 1.165) is 10.9 Å². The zero-order valence-corrected chi connectivity index (χ0v) is 15.3. The van der Waals surface area contributed by atoms with Crippen molar-refractivity contribution in [1.82, 2.24) is 34.1 Å². The van der Waals surface area contributed by atoms with Crippen LogP contribution in [-0.4, -0.2) is 41.2 Å². The lowest BCUT2D eigenvalue weighted by atomic mass is 10.1. The van der Waals surface area contributed by atoms with Gasteiger partial charge in [0.15, 0.2) is 12.3 Å². The van der Waals surface area contributed by atoms with Crippen molar-refractivity contribution < 1.29 is 3.89 Å². The Hall–Kier alpha value is -3.01. The molecule has 0 amide bonds. The van der Waals surface area contributed by atoms with Crippen molar-refractivity contribution in [2.45, 2.75) is 13.8 Å². The van der Waals surface area contributed by atoms with Crippen molar-refractivity contribution in [3.05, 3.63) is 43.0 Å². The van der Waals surface area contributed by atoms with Crippen molar-refractivity contribution in [3.8, 4) is 16.9 Å². The molecule has 0 unspecified atom stereocenters. The highest BCUT2D eigenvalue weighted by atomic mass is 32.2. The Morgan fingerprint density at radius 3 is 2.58 bits per heavy atom. The predicted molar refractivity (Wildman–Crippen MR) is 101 cm³/mol. The fourth-order valence-corrected chi connectivity index (χ4v) is 2.82. The van der Waals surface area contributed by atoms with Crippen molar-refractivity contribution in [2.24, 2.45) is 0 Å². The second kappa shape index (κ2) is 7.91. The van der Waals surface area contributed by atoms with Gasteiger partial charge in [-0.2, -0.15) is 14.3 Å². The van der Waals surface area contributed by atoms with E-state index in [9.17, 15) is 3.89 Å². The number of rotatable bonds is 4. The summed E-state index contributed by atoms with van der Waals surface area (Å²) in [6.07, 6.45) is 6.66. The Morgan fingerprint density at radius 1 is 1.12 bits per heavy atom. The average Bonchev–Trinajstić information content (AvgIpc) is 3.39. The third-order valence-corrected chi connectivity index (χ3v) is 3.96. The van der Waals surface area contributed by atoms with Gasteiger partial charge in [-0.25, -0.2) is 9.67 Å². The summed E-state index contributed by atoms with van der Waals surface area (Å²) in [4.78, 5) is 4.17. The number of nitrogens with one attached hydrogen (secondary N) is 1. The molecule has 0 saturated heterocycles. The molecule has 0 spiro atoms. The summed E-state index contributed by atoms with van der Waals surface area (Å²) in [5, 5.41) is 20.0. The van der Waals surface area contributed by atoms with Gasteiger partial charge in [0.05, 0.1) is 18.1 Å². The van der Waals surface area contributed by atoms with E-state index in [1.54, 1.807) is 42.6 Å². The van der Waals surface area contributed by atoms with Crippen LogP contribution in [0.5, 0.6) is 0 Å². The summed E-state index contributed by atoms with van der Waals surface area (Å²) in [6, 6.07) is 5.51. The highest BCUT2D eigenvalue weighted by molar-refractivity contribution is 7.92. The molecule has 1 aromatic carbocycles. The maximum atomic E-state index is 13.3. The molecule has 0 atom stereocenters. The summed E-state index contributed by atoms with van der Waals surface area (Å²) in [5.41, 5.74) is 2.66. The summed E-state index contributed by atoms with van der Waals surface area (Å²) in [6.45, 7) is 4.00. The van der Waals surface area contributed by atoms with Gasteiger partial charge in [-0.1, -0.05) is 13.8 Å². The molecular weight excluding hydrogens is 355 g/mol. The van der Waals surface area contributed by atoms with Gasteiger partial charge in [0.25, 0.3) is 0 Å². The van der Waals surface area contributed by atoms with Gasteiger partial charge in [-0.05, 0) is 18.2 Å². The lowest BCUT2D eigenvalue weighted by Gasteiger charge is -2.08. The molecule has 1 N–H and O–H groups in total. The van der Waals surface area contributed by atoms with E-state index in [-0.39, 0.29) is 12.3 Å². The van der Waals surface area contributed by atoms with Crippen molar-refractivity contribution in [1.29, 1.82) is 0 Å². The second-order valence-corrected chi connectivity index (χ2v) is 5.33. The summed E-state index contributed by atoms with van der Waals surface area (Å²) >= 11 is 0.0291. The fraction of sp³-hybridized carbons (Fsp3) is 0.188. The molecule has 134 valence electrons. The van der Waals surface area contributed by atoms with Crippen LogP contribution in [0.3, 0.4) is 0 Å². The van der Waals surface area contributed by atoms with Gasteiger partial charge in [-0.15, -0.1) is 14.1 Å². The van der Waals surface area contributed by atoms with E-state index < -0.39 is 0 Å². The maximum Gasteiger partial charge on any atom is 0.242 e. The number of aromatic nitrogens is 7. The van der Waals surface area contributed by atoms with Gasteiger partial charge in [-0.3, -0.25) is 0 Å². The van der Waals surface area contributed by atoms with Gasteiger partial charge in [0, 0.05) is 30.4 Å². The first kappa shape index (κ1) is 17.8. The first-order valence-electron chi connectivity index (χ1n) is 7.99. The molecule has 4 rings (SSSR count). The van der Waals surface area contributed by atoms with Gasteiger partial charge in [0.2, 0.25) is 5.95 Å². The van der Waals surface area contributed by atoms with Crippen LogP contribution in [0.1, 0.15) is 13.8 Å². The quantitative estimate of drug-likeness (QED) is 0.586. The predicted octanol–water partition coefficient (Wildman–Crippen LogP) is 3.52. The number of hydrogen-bond acceptors (Lipinski definition) is 7.